The van der Waals surface area contributed by atoms with Gasteiger partial charge >= 0.3 is 5.97 Å². The molecule has 1 heterocycles. The van der Waals surface area contributed by atoms with Crippen LogP contribution >= 0.6 is 11.6 Å². The van der Waals surface area contributed by atoms with Crippen LogP contribution in [0.1, 0.15) is 39.5 Å². The number of hydrogen-bond donors (Lipinski definition) is 1. The Hall–Kier alpha value is -3.38. The average Bonchev–Trinajstić information content (AvgIpc) is 3.13. The van der Waals surface area contributed by atoms with E-state index in [1.165, 1.54) is 17.0 Å². The molecule has 1 N–H and O–H groups in total. The first-order valence-electron chi connectivity index (χ1n) is 11.4. The lowest BCUT2D eigenvalue weighted by Gasteiger charge is -2.24. The number of hydrogen-bond acceptors (Lipinski definition) is 3. The van der Waals surface area contributed by atoms with Gasteiger partial charge in [-0.3, -0.25) is 9.59 Å². The number of carboxylic acids is 1. The summed E-state index contributed by atoms with van der Waals surface area (Å²) in [5.74, 6) is -1.20. The van der Waals surface area contributed by atoms with E-state index in [9.17, 15) is 19.1 Å². The van der Waals surface area contributed by atoms with E-state index >= 15 is 0 Å². The second-order valence-corrected chi connectivity index (χ2v) is 9.74. The second-order valence-electron chi connectivity index (χ2n) is 9.34. The van der Waals surface area contributed by atoms with Gasteiger partial charge in [-0.05, 0) is 67.3 Å². The predicted molar refractivity (Wildman–Crippen MR) is 133 cm³/mol. The number of rotatable bonds is 8. The van der Waals surface area contributed by atoms with Gasteiger partial charge in [0.1, 0.15) is 23.7 Å². The highest BCUT2D eigenvalue weighted by Gasteiger charge is 2.36. The van der Waals surface area contributed by atoms with Gasteiger partial charge in [-0.1, -0.05) is 47.5 Å². The molecule has 0 aromatic heterocycles. The first-order chi connectivity index (χ1) is 16.6. The summed E-state index contributed by atoms with van der Waals surface area (Å²) >= 11 is 5.79. The molecule has 1 atom stereocenters. The molecule has 35 heavy (non-hydrogen) atoms. The maximum Gasteiger partial charge on any atom is 0.323 e. The Labute approximate surface area is 209 Å². The summed E-state index contributed by atoms with van der Waals surface area (Å²) in [4.78, 5) is 26.1. The fourth-order valence-electron chi connectivity index (χ4n) is 4.56. The number of benzene rings is 3. The highest BCUT2D eigenvalue weighted by atomic mass is 35.5. The van der Waals surface area contributed by atoms with Gasteiger partial charge in [0.2, 0.25) is 0 Å². The van der Waals surface area contributed by atoms with Gasteiger partial charge < -0.3 is 14.7 Å². The molecule has 0 spiro atoms. The maximum atomic E-state index is 13.9. The van der Waals surface area contributed by atoms with Gasteiger partial charge in [0, 0.05) is 24.9 Å². The van der Waals surface area contributed by atoms with Gasteiger partial charge in [0.05, 0.1) is 5.02 Å². The molecule has 3 aromatic carbocycles. The van der Waals surface area contributed by atoms with Crippen LogP contribution < -0.4 is 4.74 Å². The minimum absolute atomic E-state index is 0.0750. The molecule has 4 rings (SSSR count). The minimum Gasteiger partial charge on any atom is -0.487 e. The Balaban J connectivity index is 1.49. The van der Waals surface area contributed by atoms with E-state index in [4.69, 9.17) is 16.3 Å². The van der Waals surface area contributed by atoms with Crippen LogP contribution in [0.25, 0.3) is 0 Å². The van der Waals surface area contributed by atoms with Gasteiger partial charge in [0.25, 0.3) is 5.91 Å². The number of halogens is 2. The van der Waals surface area contributed by atoms with Gasteiger partial charge in [0.15, 0.2) is 0 Å². The summed E-state index contributed by atoms with van der Waals surface area (Å²) in [5.41, 5.74) is 3.60. The highest BCUT2D eigenvalue weighted by molar-refractivity contribution is 6.30. The first kappa shape index (κ1) is 24.7. The predicted octanol–water partition coefficient (Wildman–Crippen LogP) is 5.49. The Morgan fingerprint density at radius 3 is 2.63 bits per heavy atom. The highest BCUT2D eigenvalue weighted by Crippen LogP contribution is 2.38. The number of aryl methyl sites for hydroxylation is 1. The lowest BCUT2D eigenvalue weighted by atomic mass is 9.91. The molecule has 0 fully saturated rings. The summed E-state index contributed by atoms with van der Waals surface area (Å²) < 4.78 is 20.1. The quantitative estimate of drug-likeness (QED) is 0.448. The molecule has 1 aliphatic rings. The number of aliphatic carboxylic acids is 1. The van der Waals surface area contributed by atoms with Crippen LogP contribution in [0.4, 0.5) is 4.39 Å². The van der Waals surface area contributed by atoms with Crippen molar-refractivity contribution in [3.05, 3.63) is 99.3 Å². The van der Waals surface area contributed by atoms with E-state index in [1.807, 2.05) is 38.1 Å². The Morgan fingerprint density at radius 2 is 1.91 bits per heavy atom. The van der Waals surface area contributed by atoms with Gasteiger partial charge in [-0.2, -0.15) is 0 Å². The molecule has 5 nitrogen and oxygen atoms in total. The van der Waals surface area contributed by atoms with Crippen LogP contribution in [0.3, 0.4) is 0 Å². The van der Waals surface area contributed by atoms with Crippen molar-refractivity contribution in [3.63, 3.8) is 0 Å². The van der Waals surface area contributed by atoms with Crippen LogP contribution in [0.15, 0.2) is 60.7 Å². The lowest BCUT2D eigenvalue weighted by Crippen LogP contribution is -2.37. The van der Waals surface area contributed by atoms with Crippen LogP contribution in [0, 0.1) is 12.7 Å². The molecule has 0 unspecified atom stereocenters. The zero-order valence-electron chi connectivity index (χ0n) is 19.7. The topological polar surface area (TPSA) is 66.8 Å². The molecule has 7 heteroatoms. The molecule has 0 aliphatic carbocycles. The van der Waals surface area contributed by atoms with Crippen molar-refractivity contribution in [1.82, 2.24) is 4.90 Å². The zero-order valence-corrected chi connectivity index (χ0v) is 20.4. The maximum absolute atomic E-state index is 13.9. The normalized spacial score (nSPS) is 16.5. The fourth-order valence-corrected chi connectivity index (χ4v) is 4.68. The first-order valence-corrected chi connectivity index (χ1v) is 11.8. The smallest absolute Gasteiger partial charge is 0.323 e. The third-order valence-corrected chi connectivity index (χ3v) is 6.46. The number of carboxylic acid groups (broad SMARTS) is 1. The van der Waals surface area contributed by atoms with Crippen LogP contribution in [0.2, 0.25) is 5.02 Å². The molecule has 1 amide bonds. The van der Waals surface area contributed by atoms with Crippen LogP contribution in [0.5, 0.6) is 5.75 Å². The van der Waals surface area contributed by atoms with Gasteiger partial charge in [-0.15, -0.1) is 0 Å². The zero-order chi connectivity index (χ0) is 25.2. The number of fused-ring (bicyclic) bond motifs is 1. The van der Waals surface area contributed by atoms with Crippen LogP contribution in [-0.2, 0) is 24.1 Å². The minimum atomic E-state index is -1.06. The summed E-state index contributed by atoms with van der Waals surface area (Å²) in [7, 11) is 0. The van der Waals surface area contributed by atoms with Crippen molar-refractivity contribution in [2.75, 3.05) is 13.1 Å². The molecule has 0 radical (unpaired) electrons. The van der Waals surface area contributed by atoms with E-state index in [-0.39, 0.29) is 17.5 Å². The third kappa shape index (κ3) is 6.01. The number of nitrogens with zero attached hydrogens (tertiary/aromatic N) is 1. The fraction of sp³-hybridized carbons (Fsp3) is 0.286. The standard InChI is InChI=1S/C28H27ClFNO4/c1-18-4-3-5-19(12-18)10-11-31(17-26(32)33)27(34)21-7-9-25-22(14-21)16-28(2,35-25)15-20-6-8-23(29)24(30)13-20/h3-9,12-14H,10-11,15-17H2,1-2H3,(H,32,33)/t28-/m1/s1. The SMILES string of the molecule is Cc1cccc(CCN(CC(=O)O)C(=O)c2ccc3c(c2)C[C@@](C)(Cc2ccc(Cl)c(F)c2)O3)c1. The van der Waals surface area contributed by atoms with Crippen molar-refractivity contribution in [2.45, 2.75) is 38.7 Å². The lowest BCUT2D eigenvalue weighted by molar-refractivity contribution is -0.137. The van der Waals surface area contributed by atoms with E-state index < -0.39 is 17.4 Å². The molecule has 182 valence electrons. The van der Waals surface area contributed by atoms with Crippen LogP contribution in [-0.4, -0.2) is 40.6 Å². The van der Waals surface area contributed by atoms with E-state index in [1.54, 1.807) is 24.3 Å². The monoisotopic (exact) mass is 495 g/mol. The van der Waals surface area contributed by atoms with E-state index in [2.05, 4.69) is 0 Å². The summed E-state index contributed by atoms with van der Waals surface area (Å²) in [5, 5.41) is 9.45. The van der Waals surface area contributed by atoms with Gasteiger partial charge in [-0.25, -0.2) is 4.39 Å². The van der Waals surface area contributed by atoms with Crippen molar-refractivity contribution in [2.24, 2.45) is 0 Å². The Kier molecular flexibility index (Phi) is 7.13. The summed E-state index contributed by atoms with van der Waals surface area (Å²) in [6.45, 7) is 3.85. The largest absolute Gasteiger partial charge is 0.487 e. The molecule has 0 saturated heterocycles. The van der Waals surface area contributed by atoms with E-state index in [0.29, 0.717) is 37.1 Å². The summed E-state index contributed by atoms with van der Waals surface area (Å²) in [6, 6.07) is 17.8. The molecular weight excluding hydrogens is 469 g/mol. The number of amides is 1. The Morgan fingerprint density at radius 1 is 1.11 bits per heavy atom. The number of ether oxygens (including phenoxy) is 1. The number of carbonyl (C=O) groups is 2. The van der Waals surface area contributed by atoms with Crippen molar-refractivity contribution in [3.8, 4) is 5.75 Å². The molecular formula is C28H27ClFNO4. The molecule has 0 bridgehead atoms. The van der Waals surface area contributed by atoms with Crippen molar-refractivity contribution >= 4 is 23.5 Å². The summed E-state index contributed by atoms with van der Waals surface area (Å²) in [6.07, 6.45) is 1.57. The second kappa shape index (κ2) is 10.1. The van der Waals surface area contributed by atoms with Crippen molar-refractivity contribution < 1.29 is 23.8 Å². The third-order valence-electron chi connectivity index (χ3n) is 6.16. The molecule has 3 aromatic rings. The van der Waals surface area contributed by atoms with E-state index in [0.717, 1.165) is 22.3 Å². The average molecular weight is 496 g/mol. The van der Waals surface area contributed by atoms with Crippen molar-refractivity contribution in [1.29, 1.82) is 0 Å². The molecule has 0 saturated carbocycles. The Bertz CT molecular complexity index is 1280. The molecule has 1 aliphatic heterocycles. The number of carbonyl (C=O) groups excluding carboxylic acids is 1.